The number of hydrogen-bond acceptors (Lipinski definition) is 4. The van der Waals surface area contributed by atoms with E-state index in [0.717, 1.165) is 5.57 Å². The summed E-state index contributed by atoms with van der Waals surface area (Å²) in [6.45, 7) is 8.33. The molecule has 0 atom stereocenters. The normalized spacial score (nSPS) is 9.07. The first-order chi connectivity index (χ1) is 6.60. The van der Waals surface area contributed by atoms with Crippen LogP contribution in [-0.2, 0) is 4.79 Å². The van der Waals surface area contributed by atoms with Gasteiger partial charge in [-0.15, -0.1) is 0 Å². The molecule has 0 fully saturated rings. The van der Waals surface area contributed by atoms with Gasteiger partial charge in [-0.3, -0.25) is 9.80 Å². The molecule has 0 aromatic rings. The van der Waals surface area contributed by atoms with Crippen LogP contribution in [0.1, 0.15) is 13.8 Å². The molecule has 1 amide bonds. The van der Waals surface area contributed by atoms with Gasteiger partial charge < -0.3 is 11.1 Å². The molecule has 0 spiro atoms. The fraction of sp³-hybridized carbons (Fsp3) is 0.556. The molecule has 0 heterocycles. The summed E-state index contributed by atoms with van der Waals surface area (Å²) in [6, 6.07) is 0. The Morgan fingerprint density at radius 2 is 2.29 bits per heavy atom. The van der Waals surface area contributed by atoms with Crippen LogP contribution in [0.5, 0.6) is 0 Å². The van der Waals surface area contributed by atoms with E-state index in [1.54, 1.807) is 6.20 Å². The number of carbonyl (C=O) groups is 1. The number of nitrogens with zero attached hydrogens (tertiary/aromatic N) is 2. The van der Waals surface area contributed by atoms with Crippen LogP contribution in [0.2, 0.25) is 0 Å². The summed E-state index contributed by atoms with van der Waals surface area (Å²) in [7, 11) is 0. The predicted octanol–water partition coefficient (Wildman–Crippen LogP) is -0.0974. The highest BCUT2D eigenvalue weighted by Crippen LogP contribution is 1.95. The highest BCUT2D eigenvalue weighted by Gasteiger charge is 2.04. The molecule has 0 rings (SSSR count). The molecule has 0 aromatic heterocycles. The highest BCUT2D eigenvalue weighted by molar-refractivity contribution is 5.78. The lowest BCUT2D eigenvalue weighted by atomic mass is 10.4. The number of nitrogens with one attached hydrogen (secondary N) is 1. The van der Waals surface area contributed by atoms with Gasteiger partial charge in [-0.2, -0.15) is 5.10 Å². The number of amides is 1. The molecule has 0 saturated carbocycles. The van der Waals surface area contributed by atoms with E-state index < -0.39 is 0 Å². The zero-order valence-corrected chi connectivity index (χ0v) is 8.79. The Morgan fingerprint density at radius 3 is 2.71 bits per heavy atom. The Hall–Kier alpha value is -1.36. The minimum Gasteiger partial charge on any atom is -0.353 e. The first-order valence-corrected chi connectivity index (χ1v) is 4.45. The summed E-state index contributed by atoms with van der Waals surface area (Å²) in [5.41, 5.74) is 6.30. The third kappa shape index (κ3) is 6.19. The smallest absolute Gasteiger partial charge is 0.241 e. The maximum Gasteiger partial charge on any atom is 0.241 e. The first-order valence-electron chi connectivity index (χ1n) is 4.45. The van der Waals surface area contributed by atoms with Crippen LogP contribution in [0.15, 0.2) is 16.9 Å². The highest BCUT2D eigenvalue weighted by atomic mass is 16.2. The van der Waals surface area contributed by atoms with E-state index in [1.165, 1.54) is 5.01 Å². The van der Waals surface area contributed by atoms with Gasteiger partial charge in [0.25, 0.3) is 0 Å². The van der Waals surface area contributed by atoms with Gasteiger partial charge in [-0.1, -0.05) is 5.57 Å². The van der Waals surface area contributed by atoms with Gasteiger partial charge in [-0.25, -0.2) is 0 Å². The van der Waals surface area contributed by atoms with Crippen molar-refractivity contribution in [1.82, 2.24) is 10.3 Å². The number of rotatable bonds is 6. The molecule has 0 aliphatic heterocycles. The summed E-state index contributed by atoms with van der Waals surface area (Å²) in [5, 5.41) is 7.83. The Labute approximate surface area is 84.6 Å². The van der Waals surface area contributed by atoms with Gasteiger partial charge in [0, 0.05) is 26.0 Å². The van der Waals surface area contributed by atoms with Crippen LogP contribution < -0.4 is 11.1 Å². The zero-order chi connectivity index (χ0) is 11.0. The number of hydrazone groups is 1. The monoisotopic (exact) mass is 198 g/mol. The van der Waals surface area contributed by atoms with E-state index in [9.17, 15) is 4.79 Å². The number of allylic oxidation sites excluding steroid dienone is 1. The van der Waals surface area contributed by atoms with E-state index in [4.69, 9.17) is 5.73 Å². The molecular formula is C9H18N4O. The second kappa shape index (κ2) is 7.08. The van der Waals surface area contributed by atoms with Crippen molar-refractivity contribution in [2.75, 3.05) is 19.6 Å². The summed E-state index contributed by atoms with van der Waals surface area (Å²) in [5.74, 6) is -0.111. The van der Waals surface area contributed by atoms with Crippen LogP contribution in [0.25, 0.3) is 0 Å². The molecule has 0 radical (unpaired) electrons. The molecule has 0 aromatic carbocycles. The zero-order valence-electron chi connectivity index (χ0n) is 8.79. The predicted molar refractivity (Wildman–Crippen MR) is 57.8 cm³/mol. The summed E-state index contributed by atoms with van der Waals surface area (Å²) in [4.78, 5) is 11.2. The van der Waals surface area contributed by atoms with Crippen molar-refractivity contribution in [3.8, 4) is 0 Å². The van der Waals surface area contributed by atoms with Gasteiger partial charge in [0.1, 0.15) is 6.54 Å². The quantitative estimate of drug-likeness (QED) is 0.462. The maximum atomic E-state index is 11.2. The van der Waals surface area contributed by atoms with E-state index >= 15 is 0 Å². The van der Waals surface area contributed by atoms with Crippen LogP contribution in [-0.4, -0.2) is 37.3 Å². The van der Waals surface area contributed by atoms with Gasteiger partial charge >= 0.3 is 0 Å². The minimum absolute atomic E-state index is 0.111. The summed E-state index contributed by atoms with van der Waals surface area (Å²) in [6.07, 6.45) is 1.76. The van der Waals surface area contributed by atoms with E-state index in [2.05, 4.69) is 17.1 Å². The molecular weight excluding hydrogens is 180 g/mol. The van der Waals surface area contributed by atoms with E-state index in [-0.39, 0.29) is 12.5 Å². The molecule has 0 bridgehead atoms. The number of carbonyl (C=O) groups excluding carboxylic acids is 1. The van der Waals surface area contributed by atoms with Crippen LogP contribution >= 0.6 is 0 Å². The van der Waals surface area contributed by atoms with Gasteiger partial charge in [0.05, 0.1) is 0 Å². The Kier molecular flexibility index (Phi) is 6.39. The fourth-order valence-electron chi connectivity index (χ4n) is 0.849. The van der Waals surface area contributed by atoms with Crippen LogP contribution in [0.3, 0.4) is 0 Å². The average Bonchev–Trinajstić information content (AvgIpc) is 2.12. The topological polar surface area (TPSA) is 70.7 Å². The summed E-state index contributed by atoms with van der Waals surface area (Å²) < 4.78 is 0. The van der Waals surface area contributed by atoms with Crippen LogP contribution in [0.4, 0.5) is 0 Å². The number of hydrogen-bond donors (Lipinski definition) is 2. The van der Waals surface area contributed by atoms with E-state index in [0.29, 0.717) is 13.1 Å². The average molecular weight is 198 g/mol. The molecule has 80 valence electrons. The summed E-state index contributed by atoms with van der Waals surface area (Å²) >= 11 is 0. The van der Waals surface area contributed by atoms with Crippen molar-refractivity contribution in [3.63, 3.8) is 0 Å². The van der Waals surface area contributed by atoms with E-state index in [1.807, 2.05) is 13.8 Å². The van der Waals surface area contributed by atoms with Crippen molar-refractivity contribution in [2.24, 2.45) is 10.8 Å². The lowest BCUT2D eigenvalue weighted by Gasteiger charge is -2.13. The van der Waals surface area contributed by atoms with Gasteiger partial charge in [0.2, 0.25) is 5.91 Å². The fourth-order valence-corrected chi connectivity index (χ4v) is 0.849. The Balaban J connectivity index is 3.99. The number of nitrogens with two attached hydrogens (primary N) is 1. The molecule has 0 aliphatic rings. The molecule has 5 heteroatoms. The first kappa shape index (κ1) is 12.6. The molecule has 5 nitrogen and oxygen atoms in total. The molecule has 0 unspecified atom stereocenters. The SMILES string of the molecule is C=NN(C=C(C)C)CC(=O)NCCN. The maximum absolute atomic E-state index is 11.2. The van der Waals surface area contributed by atoms with Crippen molar-refractivity contribution in [3.05, 3.63) is 11.8 Å². The molecule has 3 N–H and O–H groups in total. The third-order valence-electron chi connectivity index (χ3n) is 1.36. The van der Waals surface area contributed by atoms with Crippen molar-refractivity contribution in [1.29, 1.82) is 0 Å². The standard InChI is InChI=1S/C9H18N4O/c1-8(2)6-13(11-3)7-9(14)12-5-4-10/h6H,3-5,7,10H2,1-2H3,(H,12,14). The van der Waals surface area contributed by atoms with Gasteiger partial charge in [0.15, 0.2) is 0 Å². The van der Waals surface area contributed by atoms with Gasteiger partial charge in [-0.05, 0) is 13.8 Å². The molecule has 14 heavy (non-hydrogen) atoms. The Morgan fingerprint density at radius 1 is 1.64 bits per heavy atom. The van der Waals surface area contributed by atoms with Crippen molar-refractivity contribution < 1.29 is 4.79 Å². The third-order valence-corrected chi connectivity index (χ3v) is 1.36. The second-order valence-electron chi connectivity index (χ2n) is 3.08. The Bertz CT molecular complexity index is 221. The lowest BCUT2D eigenvalue weighted by molar-refractivity contribution is -0.121. The second-order valence-corrected chi connectivity index (χ2v) is 3.08. The lowest BCUT2D eigenvalue weighted by Crippen LogP contribution is -2.35. The van der Waals surface area contributed by atoms with Crippen molar-refractivity contribution in [2.45, 2.75) is 13.8 Å². The molecule has 0 aliphatic carbocycles. The van der Waals surface area contributed by atoms with Crippen molar-refractivity contribution >= 4 is 12.6 Å². The van der Waals surface area contributed by atoms with Crippen LogP contribution in [0, 0.1) is 0 Å². The largest absolute Gasteiger partial charge is 0.353 e. The minimum atomic E-state index is -0.111. The molecule has 0 saturated heterocycles.